The van der Waals surface area contributed by atoms with E-state index in [1.807, 2.05) is 0 Å². The Labute approximate surface area is 150 Å². The first-order valence-corrected chi connectivity index (χ1v) is 9.14. The number of para-hydroxylation sites is 1. The van der Waals surface area contributed by atoms with E-state index in [9.17, 15) is 18.0 Å². The highest BCUT2D eigenvalue weighted by Crippen LogP contribution is 2.36. The highest BCUT2D eigenvalue weighted by molar-refractivity contribution is 7.89. The van der Waals surface area contributed by atoms with Gasteiger partial charge in [-0.3, -0.25) is 13.9 Å². The molecule has 1 aliphatic rings. The van der Waals surface area contributed by atoms with Crippen LogP contribution < -0.4 is 5.32 Å². The van der Waals surface area contributed by atoms with Gasteiger partial charge in [-0.2, -0.15) is 0 Å². The summed E-state index contributed by atoms with van der Waals surface area (Å²) in [4.78, 5) is 24.3. The van der Waals surface area contributed by atoms with Crippen LogP contribution in [-0.4, -0.2) is 31.6 Å². The molecule has 1 amide bonds. The number of esters is 1. The Balaban J connectivity index is 2.18. The van der Waals surface area contributed by atoms with Crippen molar-refractivity contribution in [3.63, 3.8) is 0 Å². The number of carbonyl (C=O) groups is 2. The quantitative estimate of drug-likeness (QED) is 0.834. The number of amides is 1. The Bertz CT molecular complexity index is 1010. The zero-order chi connectivity index (χ0) is 18.9. The van der Waals surface area contributed by atoms with E-state index in [0.717, 1.165) is 4.31 Å². The van der Waals surface area contributed by atoms with Crippen LogP contribution in [0.2, 0.25) is 0 Å². The number of hydrogen-bond donors (Lipinski definition) is 1. The van der Waals surface area contributed by atoms with Gasteiger partial charge >= 0.3 is 5.97 Å². The molecule has 8 heteroatoms. The minimum atomic E-state index is -3.95. The molecule has 0 saturated heterocycles. The molecule has 0 saturated carbocycles. The summed E-state index contributed by atoms with van der Waals surface area (Å²) >= 11 is 0. The molecule has 0 fully saturated rings. The van der Waals surface area contributed by atoms with Crippen molar-refractivity contribution in [1.29, 1.82) is 0 Å². The summed E-state index contributed by atoms with van der Waals surface area (Å²) in [5.41, 5.74) is 0.388. The van der Waals surface area contributed by atoms with Gasteiger partial charge in [-0.25, -0.2) is 8.42 Å². The fourth-order valence-electron chi connectivity index (χ4n) is 2.62. The number of fused-ring (bicyclic) bond motifs is 1. The third kappa shape index (κ3) is 3.06. The molecule has 0 spiro atoms. The lowest BCUT2D eigenvalue weighted by Gasteiger charge is -2.29. The maximum absolute atomic E-state index is 12.8. The Kier molecular flexibility index (Phi) is 4.52. The Morgan fingerprint density at radius 3 is 2.27 bits per heavy atom. The molecule has 2 aromatic rings. The average molecular weight is 372 g/mol. The van der Waals surface area contributed by atoms with Crippen LogP contribution in [0.5, 0.6) is 0 Å². The highest BCUT2D eigenvalue weighted by atomic mass is 32.2. The number of anilines is 1. The summed E-state index contributed by atoms with van der Waals surface area (Å²) in [6.07, 6.45) is 0. The summed E-state index contributed by atoms with van der Waals surface area (Å²) in [6, 6.07) is 14.6. The van der Waals surface area contributed by atoms with Crippen molar-refractivity contribution in [2.24, 2.45) is 0 Å². The Morgan fingerprint density at radius 2 is 1.62 bits per heavy atom. The molecule has 3 rings (SSSR count). The molecule has 1 aliphatic heterocycles. The van der Waals surface area contributed by atoms with Gasteiger partial charge in [-0.05, 0) is 24.3 Å². The number of sulfonamides is 1. The summed E-state index contributed by atoms with van der Waals surface area (Å²) < 4.78 is 31.6. The van der Waals surface area contributed by atoms with E-state index >= 15 is 0 Å². The smallest absolute Gasteiger partial charge is 0.308 e. The van der Waals surface area contributed by atoms with Crippen molar-refractivity contribution < 1.29 is 22.7 Å². The fourth-order valence-corrected chi connectivity index (χ4v) is 4.01. The first-order valence-electron chi connectivity index (χ1n) is 7.70. The van der Waals surface area contributed by atoms with Gasteiger partial charge in [0.25, 0.3) is 15.9 Å². The van der Waals surface area contributed by atoms with Crippen molar-refractivity contribution in [2.75, 3.05) is 12.4 Å². The third-order valence-corrected chi connectivity index (χ3v) is 5.61. The number of hydrogen-bond acceptors (Lipinski definition) is 5. The molecule has 7 nitrogen and oxygen atoms in total. The van der Waals surface area contributed by atoms with Gasteiger partial charge in [-0.1, -0.05) is 30.3 Å². The lowest BCUT2D eigenvalue weighted by atomic mass is 10.1. The minimum Gasteiger partial charge on any atom is -0.424 e. The van der Waals surface area contributed by atoms with Gasteiger partial charge in [0.2, 0.25) is 0 Å². The SMILES string of the molecule is CC(=O)OC1=C(C(=O)Nc2ccccc2)N(C)S(=O)(=O)c2ccccc21. The lowest BCUT2D eigenvalue weighted by Crippen LogP contribution is -2.37. The molecule has 1 heterocycles. The first kappa shape index (κ1) is 17.7. The normalized spacial score (nSPS) is 15.2. The van der Waals surface area contributed by atoms with Crippen LogP contribution >= 0.6 is 0 Å². The average Bonchev–Trinajstić information content (AvgIpc) is 2.60. The van der Waals surface area contributed by atoms with Crippen molar-refractivity contribution in [3.05, 3.63) is 65.9 Å². The second-order valence-electron chi connectivity index (χ2n) is 5.56. The van der Waals surface area contributed by atoms with E-state index in [-0.39, 0.29) is 21.9 Å². The fraction of sp³-hybridized carbons (Fsp3) is 0.111. The predicted molar refractivity (Wildman–Crippen MR) is 95.1 cm³/mol. The van der Waals surface area contributed by atoms with Gasteiger partial charge in [0.15, 0.2) is 11.5 Å². The zero-order valence-corrected chi connectivity index (χ0v) is 14.9. The number of nitrogens with zero attached hydrogens (tertiary/aromatic N) is 1. The number of likely N-dealkylation sites (N-methyl/N-ethyl adjacent to an activating group) is 1. The largest absolute Gasteiger partial charge is 0.424 e. The molecule has 0 radical (unpaired) electrons. The molecule has 0 atom stereocenters. The number of carbonyl (C=O) groups excluding carboxylic acids is 2. The number of nitrogens with one attached hydrogen (secondary N) is 1. The molecule has 0 aromatic heterocycles. The predicted octanol–water partition coefficient (Wildman–Crippen LogP) is 2.19. The lowest BCUT2D eigenvalue weighted by molar-refractivity contribution is -0.134. The Hall–Kier alpha value is -3.13. The highest BCUT2D eigenvalue weighted by Gasteiger charge is 2.39. The van der Waals surface area contributed by atoms with Crippen LogP contribution in [-0.2, 0) is 24.3 Å². The second kappa shape index (κ2) is 6.64. The molecule has 2 aromatic carbocycles. The summed E-state index contributed by atoms with van der Waals surface area (Å²) in [7, 11) is -2.71. The van der Waals surface area contributed by atoms with Crippen LogP contribution in [0.15, 0.2) is 65.2 Å². The topological polar surface area (TPSA) is 92.8 Å². The van der Waals surface area contributed by atoms with Gasteiger partial charge in [0, 0.05) is 25.2 Å². The van der Waals surface area contributed by atoms with Gasteiger partial charge in [-0.15, -0.1) is 0 Å². The monoisotopic (exact) mass is 372 g/mol. The van der Waals surface area contributed by atoms with E-state index in [0.29, 0.717) is 5.69 Å². The van der Waals surface area contributed by atoms with Gasteiger partial charge in [0.1, 0.15) is 0 Å². The number of rotatable bonds is 3. The molecule has 0 bridgehead atoms. The number of benzene rings is 2. The van der Waals surface area contributed by atoms with Gasteiger partial charge < -0.3 is 10.1 Å². The maximum Gasteiger partial charge on any atom is 0.308 e. The minimum absolute atomic E-state index is 0.0324. The zero-order valence-electron chi connectivity index (χ0n) is 14.1. The van der Waals surface area contributed by atoms with Crippen molar-refractivity contribution in [3.8, 4) is 0 Å². The van der Waals surface area contributed by atoms with Crippen LogP contribution in [0, 0.1) is 0 Å². The maximum atomic E-state index is 12.8. The van der Waals surface area contributed by atoms with Crippen LogP contribution in [0.4, 0.5) is 5.69 Å². The van der Waals surface area contributed by atoms with Crippen LogP contribution in [0.1, 0.15) is 12.5 Å². The molecular formula is C18H16N2O5S. The molecule has 0 aliphatic carbocycles. The Morgan fingerprint density at radius 1 is 1.00 bits per heavy atom. The van der Waals surface area contributed by atoms with Crippen LogP contribution in [0.25, 0.3) is 5.76 Å². The second-order valence-corrected chi connectivity index (χ2v) is 7.50. The van der Waals surface area contributed by atoms with E-state index in [2.05, 4.69) is 5.32 Å². The molecule has 26 heavy (non-hydrogen) atoms. The van der Waals surface area contributed by atoms with E-state index in [4.69, 9.17) is 4.74 Å². The summed E-state index contributed by atoms with van der Waals surface area (Å²) in [5, 5.41) is 2.62. The van der Waals surface area contributed by atoms with Crippen molar-refractivity contribution in [2.45, 2.75) is 11.8 Å². The van der Waals surface area contributed by atoms with E-state index in [1.54, 1.807) is 42.5 Å². The van der Waals surface area contributed by atoms with Gasteiger partial charge in [0.05, 0.1) is 4.90 Å². The molecule has 134 valence electrons. The molecule has 0 unspecified atom stereocenters. The van der Waals surface area contributed by atoms with Crippen molar-refractivity contribution >= 4 is 33.3 Å². The van der Waals surface area contributed by atoms with Crippen LogP contribution in [0.3, 0.4) is 0 Å². The number of ether oxygens (including phenoxy) is 1. The van der Waals surface area contributed by atoms with E-state index in [1.165, 1.54) is 26.1 Å². The molecule has 1 N–H and O–H groups in total. The third-order valence-electron chi connectivity index (χ3n) is 3.79. The van der Waals surface area contributed by atoms with E-state index < -0.39 is 21.9 Å². The standard InChI is InChI=1S/C18H16N2O5S/c1-12(21)25-17-14-10-6-7-11-15(14)26(23,24)20(2)16(17)18(22)19-13-8-4-3-5-9-13/h3-11H,1-2H3,(H,19,22). The first-order chi connectivity index (χ1) is 12.3. The summed E-state index contributed by atoms with van der Waals surface area (Å²) in [5.74, 6) is -1.46. The molecular weight excluding hydrogens is 356 g/mol. The summed E-state index contributed by atoms with van der Waals surface area (Å²) in [6.45, 7) is 1.19. The van der Waals surface area contributed by atoms with Crippen molar-refractivity contribution in [1.82, 2.24) is 4.31 Å².